The number of anilines is 1. The predicted octanol–water partition coefficient (Wildman–Crippen LogP) is 3.29. The van der Waals surface area contributed by atoms with Gasteiger partial charge in [-0.05, 0) is 18.0 Å². The lowest BCUT2D eigenvalue weighted by Crippen LogP contribution is -2.42. The number of hydrogen-bond donors (Lipinski definition) is 1. The Morgan fingerprint density at radius 3 is 2.77 bits per heavy atom. The number of fused-ring (bicyclic) bond motifs is 1. The molecule has 1 saturated heterocycles. The van der Waals surface area contributed by atoms with Crippen LogP contribution in [0.25, 0.3) is 10.9 Å². The summed E-state index contributed by atoms with van der Waals surface area (Å²) in [5.74, 6) is -0.981. The van der Waals surface area contributed by atoms with E-state index in [9.17, 15) is 18.0 Å². The first-order valence-corrected chi connectivity index (χ1v) is 8.23. The molecule has 2 aromatic heterocycles. The molecule has 1 aliphatic rings. The number of rotatable bonds is 4. The van der Waals surface area contributed by atoms with Gasteiger partial charge in [-0.1, -0.05) is 11.6 Å². The molecule has 3 rings (SSSR count). The van der Waals surface area contributed by atoms with Gasteiger partial charge in [0.05, 0.1) is 18.0 Å². The third-order valence-electron chi connectivity index (χ3n) is 4.08. The summed E-state index contributed by atoms with van der Waals surface area (Å²) in [4.78, 5) is 24.9. The van der Waals surface area contributed by atoms with Crippen LogP contribution in [0.5, 0.6) is 0 Å². The van der Waals surface area contributed by atoms with Crippen molar-refractivity contribution in [2.75, 3.05) is 24.5 Å². The number of likely N-dealkylation sites (tertiary alicyclic amines) is 1. The number of halogens is 5. The molecule has 1 aliphatic heterocycles. The van der Waals surface area contributed by atoms with E-state index in [1.165, 1.54) is 11.1 Å². The monoisotopic (exact) mass is 409 g/mol. The summed E-state index contributed by atoms with van der Waals surface area (Å²) >= 11 is 11.5. The van der Waals surface area contributed by atoms with E-state index < -0.39 is 36.1 Å². The second-order valence-corrected chi connectivity index (χ2v) is 6.35. The van der Waals surface area contributed by atoms with E-state index in [0.29, 0.717) is 6.42 Å². The van der Waals surface area contributed by atoms with Crippen molar-refractivity contribution in [3.8, 4) is 0 Å². The topological polar surface area (TPSA) is 82.5 Å². The summed E-state index contributed by atoms with van der Waals surface area (Å²) in [6, 6.07) is -0.576. The van der Waals surface area contributed by atoms with E-state index in [1.807, 2.05) is 0 Å². The van der Waals surface area contributed by atoms with Crippen LogP contribution in [0.3, 0.4) is 0 Å². The van der Waals surface area contributed by atoms with Gasteiger partial charge in [-0.3, -0.25) is 0 Å². The van der Waals surface area contributed by atoms with E-state index in [1.54, 1.807) is 0 Å². The van der Waals surface area contributed by atoms with Crippen LogP contribution in [-0.2, 0) is 0 Å². The van der Waals surface area contributed by atoms with Crippen LogP contribution >= 0.6 is 23.2 Å². The molecule has 140 valence electrons. The van der Waals surface area contributed by atoms with Crippen LogP contribution in [0.2, 0.25) is 10.4 Å². The molecular formula is C14H12Cl2F3N5O2. The van der Waals surface area contributed by atoms with Crippen molar-refractivity contribution >= 4 is 46.0 Å². The molecule has 0 aliphatic carbocycles. The number of nitrogens with zero attached hydrogens (tertiary/aromatic N) is 5. The maximum Gasteiger partial charge on any atom is 0.407 e. The number of carbonyl (C=O) groups is 1. The van der Waals surface area contributed by atoms with Gasteiger partial charge in [0.15, 0.2) is 11.0 Å². The first-order chi connectivity index (χ1) is 12.3. The van der Waals surface area contributed by atoms with Gasteiger partial charge in [0.2, 0.25) is 5.28 Å². The summed E-state index contributed by atoms with van der Waals surface area (Å²) in [5, 5.41) is 8.37. The van der Waals surface area contributed by atoms with Gasteiger partial charge in [0, 0.05) is 19.3 Å². The average molecular weight is 410 g/mol. The predicted molar refractivity (Wildman–Crippen MR) is 88.7 cm³/mol. The minimum Gasteiger partial charge on any atom is -0.465 e. The van der Waals surface area contributed by atoms with E-state index in [-0.39, 0.29) is 35.1 Å². The lowest BCUT2D eigenvalue weighted by atomic mass is 10.2. The first-order valence-electron chi connectivity index (χ1n) is 7.47. The number of hydrogen-bond acceptors (Lipinski definition) is 5. The van der Waals surface area contributed by atoms with Crippen molar-refractivity contribution in [2.45, 2.75) is 18.9 Å². The van der Waals surface area contributed by atoms with Crippen molar-refractivity contribution in [1.29, 1.82) is 0 Å². The van der Waals surface area contributed by atoms with Gasteiger partial charge < -0.3 is 14.9 Å². The minimum absolute atomic E-state index is 0.00860. The van der Waals surface area contributed by atoms with Crippen LogP contribution in [0.1, 0.15) is 6.42 Å². The van der Waals surface area contributed by atoms with Crippen LogP contribution in [-0.4, -0.2) is 63.2 Å². The lowest BCUT2D eigenvalue weighted by Gasteiger charge is -2.30. The smallest absolute Gasteiger partial charge is 0.407 e. The van der Waals surface area contributed by atoms with E-state index in [2.05, 4.69) is 15.0 Å². The maximum atomic E-state index is 14.2. The molecular weight excluding hydrogens is 398 g/mol. The van der Waals surface area contributed by atoms with E-state index >= 15 is 0 Å². The number of aromatic nitrogens is 3. The highest BCUT2D eigenvalue weighted by Gasteiger charge is 2.34. The normalized spacial score (nSPS) is 17.3. The number of pyridine rings is 1. The van der Waals surface area contributed by atoms with Crippen molar-refractivity contribution in [2.24, 2.45) is 0 Å². The van der Waals surface area contributed by atoms with Crippen molar-refractivity contribution < 1.29 is 23.1 Å². The second-order valence-electron chi connectivity index (χ2n) is 5.66. The standard InChI is InChI=1S/C14H12Cl2F3N5O2/c15-11-9(19)10-7(3-20-11)12(22-13(16)21-10)24(5-8(17)18)6-1-2-23(4-6)14(25)26/h3,6,8H,1-2,4-5H2,(H,25,26)/t6-/m1/s1. The Morgan fingerprint density at radius 1 is 1.42 bits per heavy atom. The molecule has 1 N–H and O–H groups in total. The first kappa shape index (κ1) is 18.7. The highest BCUT2D eigenvalue weighted by Crippen LogP contribution is 2.32. The fourth-order valence-electron chi connectivity index (χ4n) is 2.94. The Hall–Kier alpha value is -2.07. The molecule has 26 heavy (non-hydrogen) atoms. The average Bonchev–Trinajstić information content (AvgIpc) is 3.06. The summed E-state index contributed by atoms with van der Waals surface area (Å²) in [7, 11) is 0. The van der Waals surface area contributed by atoms with Crippen molar-refractivity contribution in [3.05, 3.63) is 22.5 Å². The van der Waals surface area contributed by atoms with Gasteiger partial charge in [-0.15, -0.1) is 0 Å². The Morgan fingerprint density at radius 2 is 2.15 bits per heavy atom. The molecule has 12 heteroatoms. The van der Waals surface area contributed by atoms with Crippen LogP contribution in [0.15, 0.2) is 6.20 Å². The third-order valence-corrected chi connectivity index (χ3v) is 4.51. The summed E-state index contributed by atoms with van der Waals surface area (Å²) < 4.78 is 40.6. The molecule has 7 nitrogen and oxygen atoms in total. The molecule has 0 saturated carbocycles. The lowest BCUT2D eigenvalue weighted by molar-refractivity contribution is 0.149. The number of amides is 1. The molecule has 0 aromatic carbocycles. The molecule has 2 aromatic rings. The number of carboxylic acid groups (broad SMARTS) is 1. The van der Waals surface area contributed by atoms with Crippen molar-refractivity contribution in [3.63, 3.8) is 0 Å². The summed E-state index contributed by atoms with van der Waals surface area (Å²) in [6.07, 6.45) is -2.39. The largest absolute Gasteiger partial charge is 0.465 e. The SMILES string of the molecule is O=C(O)N1CC[C@@H](N(CC(F)F)c2nc(Cl)nc3c(F)c(Cl)ncc23)C1. The van der Waals surface area contributed by atoms with Crippen molar-refractivity contribution in [1.82, 2.24) is 19.9 Å². The Labute approximate surface area is 155 Å². The Kier molecular flexibility index (Phi) is 5.24. The van der Waals surface area contributed by atoms with Crippen LogP contribution in [0.4, 0.5) is 23.8 Å². The quantitative estimate of drug-likeness (QED) is 0.616. The maximum absolute atomic E-state index is 14.2. The molecule has 0 spiro atoms. The van der Waals surface area contributed by atoms with Crippen LogP contribution in [0, 0.1) is 5.82 Å². The molecule has 1 fully saturated rings. The fourth-order valence-corrected chi connectivity index (χ4v) is 3.24. The van der Waals surface area contributed by atoms with Gasteiger partial charge in [0.1, 0.15) is 11.3 Å². The summed E-state index contributed by atoms with van der Waals surface area (Å²) in [6.45, 7) is -0.533. The second kappa shape index (κ2) is 7.28. The zero-order chi connectivity index (χ0) is 19.0. The zero-order valence-electron chi connectivity index (χ0n) is 13.0. The van der Waals surface area contributed by atoms with Gasteiger partial charge in [0.25, 0.3) is 6.43 Å². The number of alkyl halides is 2. The van der Waals surface area contributed by atoms with Gasteiger partial charge >= 0.3 is 6.09 Å². The van der Waals surface area contributed by atoms with E-state index in [4.69, 9.17) is 28.3 Å². The summed E-state index contributed by atoms with van der Waals surface area (Å²) in [5.41, 5.74) is -0.243. The third kappa shape index (κ3) is 3.56. The van der Waals surface area contributed by atoms with Gasteiger partial charge in [-0.2, -0.15) is 4.98 Å². The van der Waals surface area contributed by atoms with Crippen LogP contribution < -0.4 is 4.90 Å². The van der Waals surface area contributed by atoms with Gasteiger partial charge in [-0.25, -0.2) is 27.9 Å². The molecule has 1 atom stereocenters. The Bertz CT molecular complexity index is 857. The molecule has 0 radical (unpaired) electrons. The van der Waals surface area contributed by atoms with E-state index in [0.717, 1.165) is 4.90 Å². The highest BCUT2D eigenvalue weighted by atomic mass is 35.5. The fraction of sp³-hybridized carbons (Fsp3) is 0.429. The molecule has 0 bridgehead atoms. The zero-order valence-corrected chi connectivity index (χ0v) is 14.6. The molecule has 1 amide bonds. The highest BCUT2D eigenvalue weighted by molar-refractivity contribution is 6.30. The minimum atomic E-state index is -2.73. The molecule has 3 heterocycles. The Balaban J connectivity index is 2.10. The molecule has 0 unspecified atom stereocenters.